The topological polar surface area (TPSA) is 135 Å². The maximum Gasteiger partial charge on any atom is 0.339 e. The summed E-state index contributed by atoms with van der Waals surface area (Å²) >= 11 is 0. The second kappa shape index (κ2) is 5.74. The molecule has 1 heterocycles. The number of nitrogens with two attached hydrogens (primary N) is 1. The summed E-state index contributed by atoms with van der Waals surface area (Å²) < 4.78 is 21.3. The Morgan fingerprint density at radius 1 is 1.56 bits per heavy atom. The normalized spacial score (nSPS) is 11.2. The second-order valence-corrected chi connectivity index (χ2v) is 5.38. The van der Waals surface area contributed by atoms with Gasteiger partial charge in [0.1, 0.15) is 0 Å². The van der Waals surface area contributed by atoms with Gasteiger partial charge in [-0.3, -0.25) is 0 Å². The fraction of sp³-hybridized carbons (Fsp3) is 0.444. The predicted octanol–water partition coefficient (Wildman–Crippen LogP) is -0.426. The first-order valence-electron chi connectivity index (χ1n) is 5.11. The van der Waals surface area contributed by atoms with Gasteiger partial charge < -0.3 is 10.4 Å². The first-order valence-corrected chi connectivity index (χ1v) is 6.82. The van der Waals surface area contributed by atoms with Crippen LogP contribution in [0.5, 0.6) is 0 Å². The highest BCUT2D eigenvalue weighted by Crippen LogP contribution is 2.06. The van der Waals surface area contributed by atoms with Crippen molar-refractivity contribution < 1.29 is 18.3 Å². The molecule has 0 saturated heterocycles. The minimum Gasteiger partial charge on any atom is -0.478 e. The lowest BCUT2D eigenvalue weighted by Gasteiger charge is -2.06. The Bertz CT molecular complexity index is 543. The number of carboxylic acid groups (broad SMARTS) is 1. The first kappa shape index (κ1) is 14.3. The standard InChI is InChI=1S/C9H14N4O4S/c1-6-7(8(14)15)5-12-9(13-6)11-3-2-4-18(10,16)17/h5H,2-4H2,1H3,(H,14,15)(H2,10,16,17)(H,11,12,13). The molecule has 0 unspecified atom stereocenters. The van der Waals surface area contributed by atoms with E-state index in [-0.39, 0.29) is 17.3 Å². The van der Waals surface area contributed by atoms with Crippen molar-refractivity contribution in [3.05, 3.63) is 17.5 Å². The van der Waals surface area contributed by atoms with Crippen LogP contribution in [0.2, 0.25) is 0 Å². The molecule has 9 heteroatoms. The molecule has 0 fully saturated rings. The zero-order valence-electron chi connectivity index (χ0n) is 9.75. The summed E-state index contributed by atoms with van der Waals surface area (Å²) in [5.74, 6) is -0.966. The fourth-order valence-electron chi connectivity index (χ4n) is 1.24. The third-order valence-corrected chi connectivity index (χ3v) is 2.96. The molecule has 1 rings (SSSR count). The SMILES string of the molecule is Cc1nc(NCCCS(N)(=O)=O)ncc1C(=O)O. The Morgan fingerprint density at radius 3 is 2.72 bits per heavy atom. The van der Waals surface area contributed by atoms with Gasteiger partial charge in [-0.05, 0) is 13.3 Å². The molecule has 0 aliphatic rings. The lowest BCUT2D eigenvalue weighted by Crippen LogP contribution is -2.19. The van der Waals surface area contributed by atoms with Gasteiger partial charge in [0.15, 0.2) is 0 Å². The van der Waals surface area contributed by atoms with Crippen LogP contribution in [0.4, 0.5) is 5.95 Å². The van der Waals surface area contributed by atoms with Gasteiger partial charge in [-0.25, -0.2) is 28.3 Å². The molecule has 0 radical (unpaired) electrons. The summed E-state index contributed by atoms with van der Waals surface area (Å²) in [5, 5.41) is 16.4. The van der Waals surface area contributed by atoms with Crippen molar-refractivity contribution in [2.75, 3.05) is 17.6 Å². The van der Waals surface area contributed by atoms with Crippen LogP contribution in [0.15, 0.2) is 6.20 Å². The van der Waals surface area contributed by atoms with Crippen molar-refractivity contribution in [1.29, 1.82) is 0 Å². The molecule has 0 atom stereocenters. The molecule has 0 bridgehead atoms. The lowest BCUT2D eigenvalue weighted by molar-refractivity contribution is 0.0695. The number of aromatic carboxylic acids is 1. The van der Waals surface area contributed by atoms with Crippen molar-refractivity contribution in [3.8, 4) is 0 Å². The molecule has 18 heavy (non-hydrogen) atoms. The highest BCUT2D eigenvalue weighted by Gasteiger charge is 2.09. The van der Waals surface area contributed by atoms with Gasteiger partial charge in [0.05, 0.1) is 17.0 Å². The van der Waals surface area contributed by atoms with Crippen molar-refractivity contribution in [1.82, 2.24) is 9.97 Å². The number of carboxylic acids is 1. The summed E-state index contributed by atoms with van der Waals surface area (Å²) in [6, 6.07) is 0. The van der Waals surface area contributed by atoms with Gasteiger partial charge in [-0.2, -0.15) is 0 Å². The molecule has 0 aliphatic carbocycles. The number of aromatic nitrogens is 2. The number of primary sulfonamides is 1. The number of aryl methyl sites for hydroxylation is 1. The summed E-state index contributed by atoms with van der Waals surface area (Å²) in [6.45, 7) is 1.89. The number of rotatable bonds is 6. The predicted molar refractivity (Wildman–Crippen MR) is 64.8 cm³/mol. The molecule has 0 aliphatic heterocycles. The number of hydrogen-bond acceptors (Lipinski definition) is 6. The quantitative estimate of drug-likeness (QED) is 0.599. The average molecular weight is 274 g/mol. The van der Waals surface area contributed by atoms with E-state index in [1.54, 1.807) is 6.92 Å². The molecular formula is C9H14N4O4S. The monoisotopic (exact) mass is 274 g/mol. The van der Waals surface area contributed by atoms with Gasteiger partial charge in [0, 0.05) is 12.7 Å². The van der Waals surface area contributed by atoms with Gasteiger partial charge in [0.2, 0.25) is 16.0 Å². The average Bonchev–Trinajstić information content (AvgIpc) is 2.22. The van der Waals surface area contributed by atoms with E-state index in [0.717, 1.165) is 0 Å². The van der Waals surface area contributed by atoms with E-state index >= 15 is 0 Å². The summed E-state index contributed by atoms with van der Waals surface area (Å²) in [7, 11) is -3.46. The number of nitrogens with zero attached hydrogens (tertiary/aromatic N) is 2. The number of nitrogens with one attached hydrogen (secondary N) is 1. The van der Waals surface area contributed by atoms with E-state index in [1.807, 2.05) is 0 Å². The Kier molecular flexibility index (Phi) is 4.56. The van der Waals surface area contributed by atoms with E-state index in [0.29, 0.717) is 18.7 Å². The minimum atomic E-state index is -3.46. The second-order valence-electron chi connectivity index (χ2n) is 3.65. The Morgan fingerprint density at radius 2 is 2.22 bits per heavy atom. The van der Waals surface area contributed by atoms with E-state index in [2.05, 4.69) is 15.3 Å². The Hall–Kier alpha value is -1.74. The van der Waals surface area contributed by atoms with Crippen molar-refractivity contribution in [2.24, 2.45) is 5.14 Å². The van der Waals surface area contributed by atoms with E-state index in [9.17, 15) is 13.2 Å². The van der Waals surface area contributed by atoms with Crippen LogP contribution in [0.1, 0.15) is 22.5 Å². The van der Waals surface area contributed by atoms with Crippen LogP contribution in [0, 0.1) is 6.92 Å². The molecule has 0 aromatic carbocycles. The van der Waals surface area contributed by atoms with Crippen LogP contribution in [-0.4, -0.2) is 41.8 Å². The molecule has 0 amide bonds. The third-order valence-electron chi connectivity index (χ3n) is 2.10. The highest BCUT2D eigenvalue weighted by molar-refractivity contribution is 7.89. The molecular weight excluding hydrogens is 260 g/mol. The number of sulfonamides is 1. The van der Waals surface area contributed by atoms with Crippen molar-refractivity contribution >= 4 is 21.9 Å². The zero-order chi connectivity index (χ0) is 13.8. The molecule has 0 saturated carbocycles. The molecule has 100 valence electrons. The number of anilines is 1. The van der Waals surface area contributed by atoms with Gasteiger partial charge in [0.25, 0.3) is 0 Å². The zero-order valence-corrected chi connectivity index (χ0v) is 10.6. The molecule has 0 spiro atoms. The van der Waals surface area contributed by atoms with Crippen molar-refractivity contribution in [3.63, 3.8) is 0 Å². The van der Waals surface area contributed by atoms with Crippen LogP contribution >= 0.6 is 0 Å². The smallest absolute Gasteiger partial charge is 0.339 e. The summed E-state index contributed by atoms with van der Waals surface area (Å²) in [5.41, 5.74) is 0.372. The number of hydrogen-bond donors (Lipinski definition) is 3. The molecule has 1 aromatic heterocycles. The largest absolute Gasteiger partial charge is 0.478 e. The maximum absolute atomic E-state index is 10.7. The molecule has 1 aromatic rings. The van der Waals surface area contributed by atoms with Crippen LogP contribution in [0.3, 0.4) is 0 Å². The summed E-state index contributed by atoms with van der Waals surface area (Å²) in [6.07, 6.45) is 1.52. The van der Waals surface area contributed by atoms with E-state index in [4.69, 9.17) is 10.2 Å². The first-order chi connectivity index (χ1) is 8.29. The summed E-state index contributed by atoms with van der Waals surface area (Å²) in [4.78, 5) is 18.5. The maximum atomic E-state index is 10.7. The van der Waals surface area contributed by atoms with Gasteiger partial charge in [-0.15, -0.1) is 0 Å². The van der Waals surface area contributed by atoms with Gasteiger partial charge in [-0.1, -0.05) is 0 Å². The number of carbonyl (C=O) groups is 1. The van der Waals surface area contributed by atoms with Crippen LogP contribution in [-0.2, 0) is 10.0 Å². The highest BCUT2D eigenvalue weighted by atomic mass is 32.2. The van der Waals surface area contributed by atoms with Crippen molar-refractivity contribution in [2.45, 2.75) is 13.3 Å². The minimum absolute atomic E-state index is 0.0325. The Balaban J connectivity index is 2.54. The van der Waals surface area contributed by atoms with Crippen LogP contribution < -0.4 is 10.5 Å². The molecule has 4 N–H and O–H groups in total. The van der Waals surface area contributed by atoms with Crippen LogP contribution in [0.25, 0.3) is 0 Å². The molecule has 8 nitrogen and oxygen atoms in total. The fourth-order valence-corrected chi connectivity index (χ4v) is 1.78. The van der Waals surface area contributed by atoms with E-state index in [1.165, 1.54) is 6.20 Å². The Labute approximate surface area is 104 Å². The lowest BCUT2D eigenvalue weighted by atomic mass is 10.2. The van der Waals surface area contributed by atoms with E-state index < -0.39 is 16.0 Å². The third kappa shape index (κ3) is 4.63. The van der Waals surface area contributed by atoms with Gasteiger partial charge >= 0.3 is 5.97 Å².